The fraction of sp³-hybridized carbons (Fsp3) is 0.526. The monoisotopic (exact) mass is 418 g/mol. The number of amides is 2. The SMILES string of the molecule is CC(=O)NC[C@H]1CN(c2ccc(C3(C#N)C4CN(S(C)(=O)=O)CC43)cc2)C(=O)O1. The van der Waals surface area contributed by atoms with Gasteiger partial charge in [0.05, 0.1) is 30.8 Å². The molecule has 2 unspecified atom stereocenters. The Hall–Kier alpha value is -2.64. The maximum Gasteiger partial charge on any atom is 0.414 e. The first-order chi connectivity index (χ1) is 13.7. The molecule has 0 aromatic heterocycles. The molecule has 4 rings (SSSR count). The van der Waals surface area contributed by atoms with E-state index in [0.29, 0.717) is 25.3 Å². The van der Waals surface area contributed by atoms with Crippen LogP contribution in [0.25, 0.3) is 0 Å². The Balaban J connectivity index is 1.46. The molecule has 1 aromatic carbocycles. The third kappa shape index (κ3) is 3.24. The molecule has 10 heteroatoms. The lowest BCUT2D eigenvalue weighted by molar-refractivity contribution is -0.119. The molecule has 3 atom stereocenters. The maximum absolute atomic E-state index is 12.1. The van der Waals surface area contributed by atoms with Crippen molar-refractivity contribution in [1.82, 2.24) is 9.62 Å². The molecular formula is C19H22N4O5S. The summed E-state index contributed by atoms with van der Waals surface area (Å²) in [7, 11) is -3.25. The molecule has 0 bridgehead atoms. The molecule has 2 amide bonds. The van der Waals surface area contributed by atoms with Crippen LogP contribution in [0.15, 0.2) is 24.3 Å². The van der Waals surface area contributed by atoms with E-state index in [2.05, 4.69) is 11.4 Å². The predicted molar refractivity (Wildman–Crippen MR) is 103 cm³/mol. The van der Waals surface area contributed by atoms with E-state index in [0.717, 1.165) is 5.56 Å². The van der Waals surface area contributed by atoms with Crippen LogP contribution in [-0.2, 0) is 25.0 Å². The van der Waals surface area contributed by atoms with Crippen molar-refractivity contribution in [3.05, 3.63) is 29.8 Å². The van der Waals surface area contributed by atoms with Gasteiger partial charge in [0.2, 0.25) is 15.9 Å². The largest absolute Gasteiger partial charge is 0.442 e. The molecule has 154 valence electrons. The molecule has 2 heterocycles. The van der Waals surface area contributed by atoms with Crippen molar-refractivity contribution < 1.29 is 22.7 Å². The van der Waals surface area contributed by atoms with Crippen LogP contribution in [0.1, 0.15) is 12.5 Å². The van der Waals surface area contributed by atoms with Gasteiger partial charge in [-0.25, -0.2) is 17.5 Å². The average molecular weight is 418 g/mol. The summed E-state index contributed by atoms with van der Waals surface area (Å²) >= 11 is 0. The molecule has 1 N–H and O–H groups in total. The number of sulfonamides is 1. The quantitative estimate of drug-likeness (QED) is 0.741. The second-order valence-corrected chi connectivity index (χ2v) is 9.86. The van der Waals surface area contributed by atoms with Crippen LogP contribution in [0.4, 0.5) is 10.5 Å². The molecule has 2 aliphatic heterocycles. The maximum atomic E-state index is 12.1. The summed E-state index contributed by atoms with van der Waals surface area (Å²) in [5.41, 5.74) is 0.828. The number of carbonyl (C=O) groups excluding carboxylic acids is 2. The number of nitrogens with zero attached hydrogens (tertiary/aromatic N) is 3. The number of nitriles is 1. The van der Waals surface area contributed by atoms with Gasteiger partial charge in [-0.05, 0) is 17.7 Å². The highest BCUT2D eigenvalue weighted by molar-refractivity contribution is 7.88. The lowest BCUT2D eigenvalue weighted by atomic mass is 9.92. The van der Waals surface area contributed by atoms with Gasteiger partial charge in [0, 0.05) is 37.5 Å². The van der Waals surface area contributed by atoms with Crippen molar-refractivity contribution in [3.8, 4) is 6.07 Å². The van der Waals surface area contributed by atoms with Gasteiger partial charge in [-0.2, -0.15) is 5.26 Å². The van der Waals surface area contributed by atoms with Crippen LogP contribution in [0.2, 0.25) is 0 Å². The van der Waals surface area contributed by atoms with Crippen molar-refractivity contribution in [2.75, 3.05) is 37.3 Å². The average Bonchev–Trinajstić information content (AvgIpc) is 2.99. The number of hydrogen-bond acceptors (Lipinski definition) is 6. The van der Waals surface area contributed by atoms with E-state index < -0.39 is 27.6 Å². The zero-order valence-electron chi connectivity index (χ0n) is 16.2. The first-order valence-electron chi connectivity index (χ1n) is 9.36. The van der Waals surface area contributed by atoms with Crippen molar-refractivity contribution in [3.63, 3.8) is 0 Å². The number of hydrogen-bond donors (Lipinski definition) is 1. The Morgan fingerprint density at radius 2 is 1.90 bits per heavy atom. The summed E-state index contributed by atoms with van der Waals surface area (Å²) < 4.78 is 30.2. The van der Waals surface area contributed by atoms with E-state index in [4.69, 9.17) is 4.74 Å². The summed E-state index contributed by atoms with van der Waals surface area (Å²) in [6, 6.07) is 9.62. The predicted octanol–water partition coefficient (Wildman–Crippen LogP) is 0.430. The van der Waals surface area contributed by atoms with Gasteiger partial charge in [0.15, 0.2) is 0 Å². The van der Waals surface area contributed by atoms with E-state index in [-0.39, 0.29) is 24.3 Å². The van der Waals surface area contributed by atoms with Gasteiger partial charge in [0.1, 0.15) is 6.10 Å². The number of fused-ring (bicyclic) bond motifs is 1. The molecule has 9 nitrogen and oxygen atoms in total. The number of benzene rings is 1. The minimum atomic E-state index is -3.25. The van der Waals surface area contributed by atoms with E-state index in [1.165, 1.54) is 22.4 Å². The second-order valence-electron chi connectivity index (χ2n) is 7.87. The van der Waals surface area contributed by atoms with Gasteiger partial charge in [-0.15, -0.1) is 0 Å². The molecule has 0 radical (unpaired) electrons. The molecule has 3 fully saturated rings. The van der Waals surface area contributed by atoms with Crippen LogP contribution in [0, 0.1) is 23.2 Å². The minimum absolute atomic E-state index is 0.00753. The van der Waals surface area contributed by atoms with Crippen molar-refractivity contribution in [1.29, 1.82) is 5.26 Å². The molecule has 1 aliphatic carbocycles. The van der Waals surface area contributed by atoms with Crippen molar-refractivity contribution in [2.24, 2.45) is 11.8 Å². The third-order valence-corrected chi connectivity index (χ3v) is 7.35. The molecular weight excluding hydrogens is 396 g/mol. The van der Waals surface area contributed by atoms with E-state index >= 15 is 0 Å². The summed E-state index contributed by atoms with van der Waals surface area (Å²) in [6.07, 6.45) is 0.297. The summed E-state index contributed by atoms with van der Waals surface area (Å²) in [5.74, 6) is -0.200. The highest BCUT2D eigenvalue weighted by atomic mass is 32.2. The zero-order chi connectivity index (χ0) is 21.0. The molecule has 1 aromatic rings. The fourth-order valence-corrected chi connectivity index (χ4v) is 5.40. The Kier molecular flexibility index (Phi) is 4.55. The summed E-state index contributed by atoms with van der Waals surface area (Å²) in [5, 5.41) is 12.5. The number of cyclic esters (lactones) is 1. The van der Waals surface area contributed by atoms with E-state index in [1.54, 1.807) is 12.1 Å². The number of carbonyl (C=O) groups is 2. The molecule has 2 saturated heterocycles. The number of ether oxygens (including phenoxy) is 1. The number of rotatable bonds is 5. The lowest BCUT2D eigenvalue weighted by Crippen LogP contribution is -2.34. The molecule has 29 heavy (non-hydrogen) atoms. The Morgan fingerprint density at radius 1 is 1.28 bits per heavy atom. The summed E-state index contributed by atoms with van der Waals surface area (Å²) in [4.78, 5) is 24.7. The normalized spacial score (nSPS) is 31.1. The summed E-state index contributed by atoms with van der Waals surface area (Å²) in [6.45, 7) is 2.72. The van der Waals surface area contributed by atoms with Gasteiger partial charge in [-0.1, -0.05) is 12.1 Å². The van der Waals surface area contributed by atoms with Gasteiger partial charge >= 0.3 is 6.09 Å². The van der Waals surface area contributed by atoms with Crippen LogP contribution in [-0.4, -0.2) is 63.3 Å². The number of piperidine rings is 1. The number of nitrogens with one attached hydrogen (secondary N) is 1. The highest BCUT2D eigenvalue weighted by Crippen LogP contribution is 2.63. The van der Waals surface area contributed by atoms with Gasteiger partial charge in [0.25, 0.3) is 0 Å². The standard InChI is InChI=1S/C19H22N4O5S/c1-12(24)21-7-15-8-23(18(25)28-15)14-5-3-13(4-6-14)19(11-20)16-9-22(10-17(16)19)29(2,26)27/h3-6,15-17H,7-10H2,1-2H3,(H,21,24)/t15-,16?,17?,19?/m0/s1. The third-order valence-electron chi connectivity index (χ3n) is 6.11. The van der Waals surface area contributed by atoms with Gasteiger partial charge < -0.3 is 10.1 Å². The Morgan fingerprint density at radius 3 is 2.41 bits per heavy atom. The smallest absolute Gasteiger partial charge is 0.414 e. The van der Waals surface area contributed by atoms with Crippen LogP contribution < -0.4 is 10.2 Å². The van der Waals surface area contributed by atoms with Crippen LogP contribution in [0.5, 0.6) is 0 Å². The number of anilines is 1. The topological polar surface area (TPSA) is 120 Å². The van der Waals surface area contributed by atoms with Crippen LogP contribution in [0.3, 0.4) is 0 Å². The first-order valence-corrected chi connectivity index (χ1v) is 11.2. The van der Waals surface area contributed by atoms with E-state index in [1.807, 2.05) is 12.1 Å². The fourth-order valence-electron chi connectivity index (χ4n) is 4.54. The second kappa shape index (κ2) is 6.71. The molecule has 1 saturated carbocycles. The first kappa shape index (κ1) is 19.7. The highest BCUT2D eigenvalue weighted by Gasteiger charge is 2.70. The molecule has 0 spiro atoms. The van der Waals surface area contributed by atoms with Crippen molar-refractivity contribution >= 4 is 27.7 Å². The van der Waals surface area contributed by atoms with E-state index in [9.17, 15) is 23.3 Å². The van der Waals surface area contributed by atoms with Gasteiger partial charge in [-0.3, -0.25) is 9.69 Å². The molecule has 3 aliphatic rings. The Labute approximate surface area is 169 Å². The van der Waals surface area contributed by atoms with Crippen LogP contribution >= 0.6 is 0 Å². The minimum Gasteiger partial charge on any atom is -0.442 e. The zero-order valence-corrected chi connectivity index (χ0v) is 17.0. The lowest BCUT2D eigenvalue weighted by Gasteiger charge is -2.21. The van der Waals surface area contributed by atoms with Crippen molar-refractivity contribution in [2.45, 2.75) is 18.4 Å². The Bertz CT molecular complexity index is 988.